The van der Waals surface area contributed by atoms with Crippen LogP contribution in [0.4, 0.5) is 0 Å². The number of hydrogen-bond acceptors (Lipinski definition) is 4. The molecule has 2 amide bonds. The SMILES string of the molecule is CCC(C)C(N)C(=O)N1CCC(CC(=O)N2CCN(CC)CC2)CC1. The minimum Gasteiger partial charge on any atom is -0.341 e. The highest BCUT2D eigenvalue weighted by atomic mass is 16.2. The molecule has 6 nitrogen and oxygen atoms in total. The van der Waals surface area contributed by atoms with E-state index in [-0.39, 0.29) is 17.7 Å². The van der Waals surface area contributed by atoms with E-state index in [9.17, 15) is 9.59 Å². The largest absolute Gasteiger partial charge is 0.341 e. The molecular weight excluding hydrogens is 316 g/mol. The van der Waals surface area contributed by atoms with Crippen LogP contribution in [0, 0.1) is 11.8 Å². The zero-order chi connectivity index (χ0) is 18.4. The fourth-order valence-electron chi connectivity index (χ4n) is 3.76. The zero-order valence-electron chi connectivity index (χ0n) is 16.2. The molecule has 2 fully saturated rings. The number of carbonyl (C=O) groups excluding carboxylic acids is 2. The number of piperidine rings is 1. The standard InChI is InChI=1S/C19H36N4O2/c1-4-15(3)18(20)19(25)23-8-6-16(7-9-23)14-17(24)22-12-10-21(5-2)11-13-22/h15-16,18H,4-14,20H2,1-3H3. The number of likely N-dealkylation sites (tertiary alicyclic amines) is 1. The van der Waals surface area contributed by atoms with Gasteiger partial charge in [-0.05, 0) is 31.2 Å². The number of piperazine rings is 1. The summed E-state index contributed by atoms with van der Waals surface area (Å²) in [5, 5.41) is 0. The Hall–Kier alpha value is -1.14. The summed E-state index contributed by atoms with van der Waals surface area (Å²) in [4.78, 5) is 31.3. The van der Waals surface area contributed by atoms with Gasteiger partial charge in [-0.3, -0.25) is 9.59 Å². The van der Waals surface area contributed by atoms with E-state index in [0.717, 1.165) is 65.1 Å². The van der Waals surface area contributed by atoms with Crippen molar-refractivity contribution >= 4 is 11.8 Å². The minimum absolute atomic E-state index is 0.0785. The van der Waals surface area contributed by atoms with Crippen LogP contribution in [0.25, 0.3) is 0 Å². The fraction of sp³-hybridized carbons (Fsp3) is 0.895. The van der Waals surface area contributed by atoms with E-state index in [1.165, 1.54) is 0 Å². The van der Waals surface area contributed by atoms with Gasteiger partial charge in [0.1, 0.15) is 0 Å². The molecule has 2 aliphatic rings. The Bertz CT molecular complexity index is 441. The van der Waals surface area contributed by atoms with Crippen molar-refractivity contribution in [1.82, 2.24) is 14.7 Å². The molecule has 25 heavy (non-hydrogen) atoms. The molecule has 144 valence electrons. The Labute approximate surface area is 152 Å². The smallest absolute Gasteiger partial charge is 0.239 e. The lowest BCUT2D eigenvalue weighted by Gasteiger charge is -2.37. The zero-order valence-corrected chi connectivity index (χ0v) is 16.2. The van der Waals surface area contributed by atoms with E-state index < -0.39 is 6.04 Å². The first-order chi connectivity index (χ1) is 12.0. The Morgan fingerprint density at radius 2 is 1.60 bits per heavy atom. The maximum atomic E-state index is 12.5. The van der Waals surface area contributed by atoms with Crippen LogP contribution >= 0.6 is 0 Å². The molecule has 0 aliphatic carbocycles. The van der Waals surface area contributed by atoms with Crippen molar-refractivity contribution in [3.8, 4) is 0 Å². The average molecular weight is 353 g/mol. The summed E-state index contributed by atoms with van der Waals surface area (Å²) in [5.74, 6) is 0.987. The first-order valence-electron chi connectivity index (χ1n) is 10.0. The Morgan fingerprint density at radius 3 is 2.12 bits per heavy atom. The van der Waals surface area contributed by atoms with Crippen molar-refractivity contribution in [3.63, 3.8) is 0 Å². The first-order valence-corrected chi connectivity index (χ1v) is 10.0. The molecule has 0 aromatic carbocycles. The highest BCUT2D eigenvalue weighted by Crippen LogP contribution is 2.23. The molecular formula is C19H36N4O2. The molecule has 0 aromatic rings. The Morgan fingerprint density at radius 1 is 1.00 bits per heavy atom. The van der Waals surface area contributed by atoms with E-state index in [0.29, 0.717) is 12.3 Å². The van der Waals surface area contributed by atoms with Gasteiger partial charge < -0.3 is 20.4 Å². The van der Waals surface area contributed by atoms with Crippen LogP contribution in [-0.4, -0.2) is 78.4 Å². The van der Waals surface area contributed by atoms with Crippen LogP contribution in [0.3, 0.4) is 0 Å². The van der Waals surface area contributed by atoms with E-state index in [1.807, 2.05) is 16.7 Å². The summed E-state index contributed by atoms with van der Waals surface area (Å²) in [5.41, 5.74) is 6.08. The molecule has 2 heterocycles. The molecule has 0 saturated carbocycles. The van der Waals surface area contributed by atoms with Gasteiger partial charge in [-0.2, -0.15) is 0 Å². The second kappa shape index (κ2) is 9.53. The van der Waals surface area contributed by atoms with Crippen molar-refractivity contribution in [3.05, 3.63) is 0 Å². The predicted molar refractivity (Wildman–Crippen MR) is 100 cm³/mol. The van der Waals surface area contributed by atoms with Crippen LogP contribution in [0.15, 0.2) is 0 Å². The van der Waals surface area contributed by atoms with Crippen LogP contribution in [-0.2, 0) is 9.59 Å². The fourth-order valence-corrected chi connectivity index (χ4v) is 3.76. The Kier molecular flexibility index (Phi) is 7.69. The van der Waals surface area contributed by atoms with Crippen LogP contribution in [0.5, 0.6) is 0 Å². The summed E-state index contributed by atoms with van der Waals surface area (Å²) >= 11 is 0. The van der Waals surface area contributed by atoms with E-state index in [1.54, 1.807) is 0 Å². The van der Waals surface area contributed by atoms with Gasteiger partial charge in [0.05, 0.1) is 6.04 Å². The lowest BCUT2D eigenvalue weighted by molar-refractivity contribution is -0.136. The topological polar surface area (TPSA) is 69.9 Å². The van der Waals surface area contributed by atoms with Gasteiger partial charge in [0.15, 0.2) is 0 Å². The number of nitrogens with zero attached hydrogens (tertiary/aromatic N) is 3. The summed E-state index contributed by atoms with van der Waals surface area (Å²) in [7, 11) is 0. The van der Waals surface area contributed by atoms with E-state index in [2.05, 4.69) is 18.7 Å². The molecule has 2 atom stereocenters. The van der Waals surface area contributed by atoms with E-state index in [4.69, 9.17) is 5.73 Å². The van der Waals surface area contributed by atoms with Crippen LogP contribution in [0.2, 0.25) is 0 Å². The van der Waals surface area contributed by atoms with Gasteiger partial charge in [0.2, 0.25) is 11.8 Å². The quantitative estimate of drug-likeness (QED) is 0.779. The summed E-state index contributed by atoms with van der Waals surface area (Å²) in [6.45, 7) is 12.5. The summed E-state index contributed by atoms with van der Waals surface area (Å²) in [6, 6.07) is -0.391. The average Bonchev–Trinajstić information content (AvgIpc) is 2.66. The lowest BCUT2D eigenvalue weighted by atomic mass is 9.91. The number of amides is 2. The van der Waals surface area contributed by atoms with Gasteiger partial charge in [0.25, 0.3) is 0 Å². The molecule has 0 radical (unpaired) electrons. The third-order valence-electron chi connectivity index (χ3n) is 6.10. The van der Waals surface area contributed by atoms with Crippen molar-refractivity contribution in [1.29, 1.82) is 0 Å². The number of carbonyl (C=O) groups is 2. The minimum atomic E-state index is -0.391. The predicted octanol–water partition coefficient (Wildman–Crippen LogP) is 1.15. The normalized spacial score (nSPS) is 22.7. The number of rotatable bonds is 6. The van der Waals surface area contributed by atoms with Gasteiger partial charge in [-0.1, -0.05) is 27.2 Å². The molecule has 0 spiro atoms. The van der Waals surface area contributed by atoms with Crippen molar-refractivity contribution in [2.45, 2.75) is 52.5 Å². The molecule has 0 bridgehead atoms. The highest BCUT2D eigenvalue weighted by molar-refractivity contribution is 5.82. The molecule has 2 rings (SSSR count). The third kappa shape index (κ3) is 5.42. The lowest BCUT2D eigenvalue weighted by Crippen LogP contribution is -2.51. The molecule has 2 unspecified atom stereocenters. The second-order valence-corrected chi connectivity index (χ2v) is 7.70. The Balaban J connectivity index is 1.73. The van der Waals surface area contributed by atoms with Crippen molar-refractivity contribution in [2.75, 3.05) is 45.8 Å². The molecule has 2 aliphatic heterocycles. The van der Waals surface area contributed by atoms with Gasteiger partial charge >= 0.3 is 0 Å². The monoisotopic (exact) mass is 352 g/mol. The van der Waals surface area contributed by atoms with Gasteiger partial charge in [-0.25, -0.2) is 0 Å². The second-order valence-electron chi connectivity index (χ2n) is 7.70. The van der Waals surface area contributed by atoms with Crippen LogP contribution < -0.4 is 5.73 Å². The molecule has 0 aromatic heterocycles. The maximum Gasteiger partial charge on any atom is 0.239 e. The highest BCUT2D eigenvalue weighted by Gasteiger charge is 2.30. The summed E-state index contributed by atoms with van der Waals surface area (Å²) in [6.07, 6.45) is 3.38. The van der Waals surface area contributed by atoms with Crippen molar-refractivity contribution in [2.24, 2.45) is 17.6 Å². The first kappa shape index (κ1) is 20.2. The van der Waals surface area contributed by atoms with Crippen molar-refractivity contribution < 1.29 is 9.59 Å². The van der Waals surface area contributed by atoms with Gasteiger partial charge in [-0.15, -0.1) is 0 Å². The number of hydrogen-bond donors (Lipinski definition) is 1. The molecule has 6 heteroatoms. The maximum absolute atomic E-state index is 12.5. The number of likely N-dealkylation sites (N-methyl/N-ethyl adjacent to an activating group) is 1. The molecule has 2 N–H and O–H groups in total. The van der Waals surface area contributed by atoms with E-state index >= 15 is 0 Å². The summed E-state index contributed by atoms with van der Waals surface area (Å²) < 4.78 is 0. The van der Waals surface area contributed by atoms with Gasteiger partial charge in [0, 0.05) is 45.7 Å². The molecule has 2 saturated heterocycles. The number of nitrogens with two attached hydrogens (primary N) is 1. The third-order valence-corrected chi connectivity index (χ3v) is 6.10. The van der Waals surface area contributed by atoms with Crippen LogP contribution in [0.1, 0.15) is 46.5 Å².